The molecule has 0 aliphatic heterocycles. The van der Waals surface area contributed by atoms with E-state index in [2.05, 4.69) is 0 Å². The average molecular weight is 323 g/mol. The zero-order valence-electron chi connectivity index (χ0n) is 8.36. The van der Waals surface area contributed by atoms with Gasteiger partial charge in [0.25, 0.3) is 0 Å². The van der Waals surface area contributed by atoms with Crippen LogP contribution in [0, 0.1) is 0 Å². The van der Waals surface area contributed by atoms with Gasteiger partial charge >= 0.3 is 111 Å². The van der Waals surface area contributed by atoms with Gasteiger partial charge in [-0.3, -0.25) is 8.42 Å². The van der Waals surface area contributed by atoms with E-state index in [1.54, 1.807) is 0 Å². The van der Waals surface area contributed by atoms with E-state index in [0.717, 1.165) is 0 Å². The van der Waals surface area contributed by atoms with E-state index < -0.39 is 18.2 Å². The molecule has 15 heavy (non-hydrogen) atoms. The molecular formula is H12K2N3O8PS. The molecule has 0 rings (SSSR count). The van der Waals surface area contributed by atoms with Crippen LogP contribution in [0.3, 0.4) is 0 Å². The largest absolute Gasteiger partial charge is 1.00 e. The van der Waals surface area contributed by atoms with Crippen LogP contribution in [-0.2, 0) is 15.0 Å². The molecule has 0 aromatic carbocycles. The second kappa shape index (κ2) is 19.5. The Bertz CT molecular complexity index is 206. The number of rotatable bonds is 0. The second-order valence-corrected chi connectivity index (χ2v) is 2.76. The van der Waals surface area contributed by atoms with Crippen molar-refractivity contribution in [1.82, 2.24) is 18.5 Å². The third kappa shape index (κ3) is 400. The fourth-order valence-corrected chi connectivity index (χ4v) is 0. The quantitative estimate of drug-likeness (QED) is 0.105. The maximum absolute atomic E-state index is 8.88. The van der Waals surface area contributed by atoms with Crippen LogP contribution in [0.5, 0.6) is 0 Å². The average Bonchev–Trinajstić information content (AvgIpc) is 1.12. The molecule has 0 aromatic rings. The summed E-state index contributed by atoms with van der Waals surface area (Å²) in [4.78, 5) is 21.6. The summed E-state index contributed by atoms with van der Waals surface area (Å²) in [6, 6.07) is 0. The molecule has 0 bridgehead atoms. The van der Waals surface area contributed by atoms with Gasteiger partial charge in [0, 0.05) is 10.4 Å². The van der Waals surface area contributed by atoms with Gasteiger partial charge < -0.3 is 42.2 Å². The van der Waals surface area contributed by atoms with Crippen molar-refractivity contribution < 1.29 is 140 Å². The van der Waals surface area contributed by atoms with Gasteiger partial charge in [-0.15, -0.1) is 0 Å². The van der Waals surface area contributed by atoms with E-state index in [9.17, 15) is 0 Å². The molecule has 0 heterocycles. The smallest absolute Gasteiger partial charge is 0.759 e. The third-order valence-corrected chi connectivity index (χ3v) is 0. The van der Waals surface area contributed by atoms with Gasteiger partial charge in [-0.1, -0.05) is 0 Å². The molecule has 11 nitrogen and oxygen atoms in total. The molecule has 0 saturated carbocycles. The molecule has 12 N–H and O–H groups in total. The van der Waals surface area contributed by atoms with Crippen LogP contribution in [0.15, 0.2) is 0 Å². The zero-order valence-corrected chi connectivity index (χ0v) is 16.3. The molecule has 0 unspecified atom stereocenters. The third-order valence-electron chi connectivity index (χ3n) is 0. The Morgan fingerprint density at radius 1 is 0.867 bits per heavy atom. The first-order valence-electron chi connectivity index (χ1n) is 1.45. The summed E-state index contributed by atoms with van der Waals surface area (Å²) in [7, 11) is -9.81. The topological polar surface area (TPSA) is 263 Å². The molecular weight excluding hydrogens is 311 g/mol. The summed E-state index contributed by atoms with van der Waals surface area (Å²) >= 11 is 0. The summed E-state index contributed by atoms with van der Waals surface area (Å²) in [6.07, 6.45) is 0. The standard InChI is InChI=1S/2K.3H3N.H3O4P.H2O4S/c;;;;;2*1-5(2,3)4/h;;3*1H3;(H3,1,2,3,4);(H2,1,2,3,4)/q2*+1;;;;;/p-2. The predicted molar refractivity (Wildman–Crippen MR) is 39.8 cm³/mol. The Balaban J connectivity index is -0.0000000128. The van der Waals surface area contributed by atoms with Crippen LogP contribution in [0.4, 0.5) is 0 Å². The molecule has 0 aromatic heterocycles. The minimum absolute atomic E-state index is 0. The van der Waals surface area contributed by atoms with Gasteiger partial charge in [-0.2, -0.15) is 0 Å². The van der Waals surface area contributed by atoms with E-state index in [1.807, 2.05) is 0 Å². The molecule has 15 heteroatoms. The van der Waals surface area contributed by atoms with Crippen molar-refractivity contribution in [2.45, 2.75) is 0 Å². The fraction of sp³-hybridized carbons (Fsp3) is 0. The second-order valence-electron chi connectivity index (χ2n) is 0.922. The summed E-state index contributed by atoms with van der Waals surface area (Å²) in [5, 5.41) is 0. The van der Waals surface area contributed by atoms with E-state index in [0.29, 0.717) is 0 Å². The van der Waals surface area contributed by atoms with Gasteiger partial charge in [0.2, 0.25) is 0 Å². The first kappa shape index (κ1) is 42.9. The molecule has 0 spiro atoms. The van der Waals surface area contributed by atoms with E-state index in [-0.39, 0.29) is 121 Å². The normalized spacial score (nSPS) is 7.80. The number of hydrogen-bond acceptors (Lipinski definition) is 8. The molecule has 88 valence electrons. The molecule has 0 radical (unpaired) electrons. The van der Waals surface area contributed by atoms with Gasteiger partial charge in [0.1, 0.15) is 0 Å². The molecule has 0 saturated heterocycles. The monoisotopic (exact) mass is 323 g/mol. The Kier molecular flexibility index (Phi) is 55.7. The van der Waals surface area contributed by atoms with Crippen LogP contribution in [-0.4, -0.2) is 32.2 Å². The van der Waals surface area contributed by atoms with E-state index in [4.69, 9.17) is 36.8 Å². The van der Waals surface area contributed by atoms with Gasteiger partial charge in [-0.25, -0.2) is 4.57 Å². The summed E-state index contributed by atoms with van der Waals surface area (Å²) in [5.74, 6) is 0. The van der Waals surface area contributed by atoms with Crippen molar-refractivity contribution in [3.63, 3.8) is 0 Å². The first-order valence-corrected chi connectivity index (χ1v) is 4.35. The molecule has 0 amide bonds. The Morgan fingerprint density at radius 3 is 0.867 bits per heavy atom. The maximum Gasteiger partial charge on any atom is 1.00 e. The van der Waals surface area contributed by atoms with Crippen molar-refractivity contribution in [2.24, 2.45) is 0 Å². The van der Waals surface area contributed by atoms with E-state index in [1.165, 1.54) is 0 Å². The van der Waals surface area contributed by atoms with Crippen molar-refractivity contribution in [2.75, 3.05) is 0 Å². The summed E-state index contributed by atoms with van der Waals surface area (Å²) in [5.41, 5.74) is 0. The predicted octanol–water partition coefficient (Wildman–Crippen LogP) is -7.77. The van der Waals surface area contributed by atoms with Crippen LogP contribution in [0.1, 0.15) is 0 Å². The molecule has 0 atom stereocenters. The first-order chi connectivity index (χ1) is 4.00. The van der Waals surface area contributed by atoms with Crippen molar-refractivity contribution in [1.29, 1.82) is 0 Å². The van der Waals surface area contributed by atoms with Gasteiger partial charge in [0.05, 0.1) is 0 Å². The van der Waals surface area contributed by atoms with Crippen LogP contribution in [0.25, 0.3) is 0 Å². The van der Waals surface area contributed by atoms with Crippen LogP contribution >= 0.6 is 7.82 Å². The number of hydrogen-bond donors (Lipinski definition) is 6. The minimum atomic E-state index is -5.17. The molecule has 0 aliphatic carbocycles. The Labute approximate surface area is 172 Å². The zero-order chi connectivity index (χ0) is 9.00. The Hall–Kier alpha value is 3.13. The fourth-order valence-electron chi connectivity index (χ4n) is 0. The maximum atomic E-state index is 8.88. The molecule has 0 fully saturated rings. The van der Waals surface area contributed by atoms with Crippen molar-refractivity contribution in [3.8, 4) is 0 Å². The minimum Gasteiger partial charge on any atom is -0.759 e. The van der Waals surface area contributed by atoms with E-state index >= 15 is 0 Å². The van der Waals surface area contributed by atoms with Gasteiger partial charge in [0.15, 0.2) is 0 Å². The Morgan fingerprint density at radius 2 is 0.867 bits per heavy atom. The van der Waals surface area contributed by atoms with Crippen LogP contribution < -0.4 is 121 Å². The summed E-state index contributed by atoms with van der Waals surface area (Å²) < 4.78 is 43.0. The van der Waals surface area contributed by atoms with Crippen LogP contribution in [0.2, 0.25) is 0 Å². The number of phosphoric acid groups is 1. The van der Waals surface area contributed by atoms with Crippen molar-refractivity contribution in [3.05, 3.63) is 0 Å². The molecule has 0 aliphatic rings. The van der Waals surface area contributed by atoms with Crippen molar-refractivity contribution >= 4 is 18.2 Å². The SMILES string of the molecule is N.N.N.O=P(O)(O)O.O=S(=O)([O-])[O-].[K+].[K+]. The summed E-state index contributed by atoms with van der Waals surface area (Å²) in [6.45, 7) is 0. The van der Waals surface area contributed by atoms with Gasteiger partial charge in [-0.05, 0) is 0 Å².